The van der Waals surface area contributed by atoms with Gasteiger partial charge in [-0.15, -0.1) is 0 Å². The van der Waals surface area contributed by atoms with Crippen LogP contribution in [0.4, 0.5) is 11.4 Å². The summed E-state index contributed by atoms with van der Waals surface area (Å²) in [5.74, 6) is -1.83. The predicted octanol–water partition coefficient (Wildman–Crippen LogP) is 4.68. The minimum absolute atomic E-state index is 0.178. The Kier molecular flexibility index (Phi) is 7.88. The summed E-state index contributed by atoms with van der Waals surface area (Å²) in [5.41, 5.74) is 1.62. The van der Waals surface area contributed by atoms with Gasteiger partial charge in [-0.2, -0.15) is 0 Å². The Morgan fingerprint density at radius 1 is 0.694 bits per heavy atom. The number of benzene rings is 2. The molecule has 2 saturated heterocycles. The van der Waals surface area contributed by atoms with Crippen molar-refractivity contribution in [3.05, 3.63) is 69.5 Å². The molecule has 2 heterocycles. The van der Waals surface area contributed by atoms with Crippen LogP contribution in [0.2, 0.25) is 0 Å². The van der Waals surface area contributed by atoms with Crippen LogP contribution in [0.25, 0.3) is 0 Å². The number of thiocarbonyl (C=S) groups is 2. The largest absolute Gasteiger partial charge is 0.462 e. The summed E-state index contributed by atoms with van der Waals surface area (Å²) in [4.78, 5) is 53.4. The fourth-order valence-electron chi connectivity index (χ4n) is 3.38. The van der Waals surface area contributed by atoms with E-state index in [2.05, 4.69) is 0 Å². The number of thioether (sulfide) groups is 2. The third-order valence-electron chi connectivity index (χ3n) is 5.02. The SMILES string of the molecule is CCOC(=O)c1ccc(N2C(=O)C(=C3SC(=S)N(c4ccc(C(=O)OCC)cc4)C3=O)SC2=S)cc1. The number of amides is 2. The molecule has 0 spiro atoms. The fraction of sp³-hybridized carbons (Fsp3) is 0.167. The lowest BCUT2D eigenvalue weighted by molar-refractivity contribution is -0.115. The second-order valence-corrected chi connectivity index (χ2v) is 10.5. The summed E-state index contributed by atoms with van der Waals surface area (Å²) in [6.07, 6.45) is 0. The molecule has 0 atom stereocenters. The average molecular weight is 559 g/mol. The molecule has 2 aromatic carbocycles. The van der Waals surface area contributed by atoms with Crippen molar-refractivity contribution in [3.63, 3.8) is 0 Å². The molecule has 2 fully saturated rings. The molecule has 0 unspecified atom stereocenters. The lowest BCUT2D eigenvalue weighted by Gasteiger charge is -2.15. The van der Waals surface area contributed by atoms with Crippen molar-refractivity contribution in [2.24, 2.45) is 0 Å². The van der Waals surface area contributed by atoms with Gasteiger partial charge in [0.15, 0.2) is 8.64 Å². The van der Waals surface area contributed by atoms with Crippen LogP contribution in [0.1, 0.15) is 34.6 Å². The van der Waals surface area contributed by atoms with E-state index in [4.69, 9.17) is 33.9 Å². The van der Waals surface area contributed by atoms with Crippen LogP contribution in [-0.4, -0.2) is 45.6 Å². The Hall–Kier alpha value is -3.06. The monoisotopic (exact) mass is 558 g/mol. The lowest BCUT2D eigenvalue weighted by Crippen LogP contribution is -2.29. The number of anilines is 2. The van der Waals surface area contributed by atoms with Crippen molar-refractivity contribution >= 4 is 91.7 Å². The normalized spacial score (nSPS) is 17.7. The zero-order chi connectivity index (χ0) is 26.0. The number of carbonyl (C=O) groups is 4. The highest BCUT2D eigenvalue weighted by Gasteiger charge is 2.43. The van der Waals surface area contributed by atoms with Crippen LogP contribution in [-0.2, 0) is 19.1 Å². The maximum absolute atomic E-state index is 13.3. The van der Waals surface area contributed by atoms with Gasteiger partial charge in [-0.3, -0.25) is 19.4 Å². The summed E-state index contributed by atoms with van der Waals surface area (Å²) < 4.78 is 10.5. The first kappa shape index (κ1) is 26.0. The van der Waals surface area contributed by atoms with Gasteiger partial charge in [-0.05, 0) is 62.4 Å². The van der Waals surface area contributed by atoms with E-state index in [9.17, 15) is 19.2 Å². The summed E-state index contributed by atoms with van der Waals surface area (Å²) in [5, 5.41) is 0. The number of rotatable bonds is 6. The van der Waals surface area contributed by atoms with E-state index in [0.29, 0.717) is 22.5 Å². The summed E-state index contributed by atoms with van der Waals surface area (Å²) in [6.45, 7) is 3.94. The molecule has 2 amide bonds. The Bertz CT molecular complexity index is 1220. The van der Waals surface area contributed by atoms with E-state index in [-0.39, 0.29) is 31.7 Å². The molecule has 0 aromatic heterocycles. The molecule has 2 aliphatic rings. The molecule has 184 valence electrons. The lowest BCUT2D eigenvalue weighted by atomic mass is 10.2. The highest BCUT2D eigenvalue weighted by molar-refractivity contribution is 8.30. The van der Waals surface area contributed by atoms with Gasteiger partial charge in [0.25, 0.3) is 11.8 Å². The Labute approximate surface area is 226 Å². The van der Waals surface area contributed by atoms with E-state index in [1.54, 1.807) is 62.4 Å². The zero-order valence-corrected chi connectivity index (χ0v) is 22.3. The van der Waals surface area contributed by atoms with E-state index >= 15 is 0 Å². The highest BCUT2D eigenvalue weighted by atomic mass is 32.2. The molecule has 8 nitrogen and oxygen atoms in total. The zero-order valence-electron chi connectivity index (χ0n) is 19.0. The third-order valence-corrected chi connectivity index (χ3v) is 7.89. The quantitative estimate of drug-likeness (QED) is 0.283. The number of ether oxygens (including phenoxy) is 2. The molecule has 0 aliphatic carbocycles. The first-order valence-electron chi connectivity index (χ1n) is 10.7. The van der Waals surface area contributed by atoms with E-state index in [1.165, 1.54) is 9.80 Å². The fourth-order valence-corrected chi connectivity index (χ4v) is 6.13. The minimum atomic E-state index is -0.464. The highest BCUT2D eigenvalue weighted by Crippen LogP contribution is 2.44. The Morgan fingerprint density at radius 3 is 1.33 bits per heavy atom. The first-order chi connectivity index (χ1) is 17.3. The molecule has 2 aromatic rings. The molecule has 12 heteroatoms. The van der Waals surface area contributed by atoms with Crippen LogP contribution >= 0.6 is 48.0 Å². The molecule has 4 rings (SSSR count). The summed E-state index contributed by atoms with van der Waals surface area (Å²) in [6, 6.07) is 12.6. The maximum atomic E-state index is 13.3. The first-order valence-corrected chi connectivity index (χ1v) is 13.1. The van der Waals surface area contributed by atoms with Gasteiger partial charge >= 0.3 is 11.9 Å². The molecule has 2 aliphatic heterocycles. The van der Waals surface area contributed by atoms with Gasteiger partial charge in [0.1, 0.15) is 0 Å². The van der Waals surface area contributed by atoms with Crippen molar-refractivity contribution in [1.29, 1.82) is 0 Å². The number of carbonyl (C=O) groups excluding carboxylic acids is 4. The Balaban J connectivity index is 1.58. The number of hydrogen-bond donors (Lipinski definition) is 0. The summed E-state index contributed by atoms with van der Waals surface area (Å²) >= 11 is 12.9. The molecule has 0 N–H and O–H groups in total. The maximum Gasteiger partial charge on any atom is 0.338 e. The van der Waals surface area contributed by atoms with Crippen molar-refractivity contribution in [3.8, 4) is 0 Å². The van der Waals surface area contributed by atoms with Gasteiger partial charge in [0.05, 0.1) is 45.5 Å². The topological polar surface area (TPSA) is 93.2 Å². The van der Waals surface area contributed by atoms with Crippen LogP contribution in [0.5, 0.6) is 0 Å². The second kappa shape index (κ2) is 10.9. The van der Waals surface area contributed by atoms with Crippen molar-refractivity contribution in [2.75, 3.05) is 23.0 Å². The molecular weight excluding hydrogens is 541 g/mol. The standard InChI is InChI=1S/C24H18N2O6S4/c1-3-31-21(29)13-5-9-15(10-6-13)25-19(27)17(35-23(25)33)18-20(28)26(24(34)36-18)16-11-7-14(8-12-16)22(30)32-4-2/h5-12H,3-4H2,1-2H3. The van der Waals surface area contributed by atoms with Gasteiger partial charge in [0.2, 0.25) is 0 Å². The van der Waals surface area contributed by atoms with Gasteiger partial charge in [-0.25, -0.2) is 9.59 Å². The van der Waals surface area contributed by atoms with E-state index in [0.717, 1.165) is 23.5 Å². The molecule has 0 radical (unpaired) electrons. The van der Waals surface area contributed by atoms with Crippen molar-refractivity contribution in [2.45, 2.75) is 13.8 Å². The van der Waals surface area contributed by atoms with Crippen molar-refractivity contribution in [1.82, 2.24) is 0 Å². The number of hydrogen-bond acceptors (Lipinski definition) is 10. The number of nitrogens with zero attached hydrogens (tertiary/aromatic N) is 2. The predicted molar refractivity (Wildman–Crippen MR) is 147 cm³/mol. The average Bonchev–Trinajstić information content (AvgIpc) is 3.33. The van der Waals surface area contributed by atoms with Crippen LogP contribution in [0.15, 0.2) is 58.3 Å². The van der Waals surface area contributed by atoms with Crippen LogP contribution < -0.4 is 9.80 Å². The van der Waals surface area contributed by atoms with Gasteiger partial charge in [0, 0.05) is 0 Å². The molecule has 0 bridgehead atoms. The molecule has 36 heavy (non-hydrogen) atoms. The number of esters is 2. The van der Waals surface area contributed by atoms with Crippen molar-refractivity contribution < 1.29 is 28.7 Å². The third kappa shape index (κ3) is 4.94. The van der Waals surface area contributed by atoms with E-state index in [1.807, 2.05) is 0 Å². The van der Waals surface area contributed by atoms with Crippen LogP contribution in [0, 0.1) is 0 Å². The van der Waals surface area contributed by atoms with E-state index < -0.39 is 23.8 Å². The van der Waals surface area contributed by atoms with Crippen LogP contribution in [0.3, 0.4) is 0 Å². The molecular formula is C24H18N2O6S4. The molecule has 0 saturated carbocycles. The van der Waals surface area contributed by atoms with Gasteiger partial charge < -0.3 is 9.47 Å². The smallest absolute Gasteiger partial charge is 0.338 e. The second-order valence-electron chi connectivity index (χ2n) is 7.21. The van der Waals surface area contributed by atoms with Gasteiger partial charge in [-0.1, -0.05) is 48.0 Å². The Morgan fingerprint density at radius 2 is 1.03 bits per heavy atom. The summed E-state index contributed by atoms with van der Waals surface area (Å²) in [7, 11) is 0. The minimum Gasteiger partial charge on any atom is -0.462 e.